The summed E-state index contributed by atoms with van der Waals surface area (Å²) < 4.78 is 0. The number of thioether (sulfide) groups is 1. The first-order chi connectivity index (χ1) is 8.81. The Balaban J connectivity index is 1.76. The predicted molar refractivity (Wildman–Crippen MR) is 74.6 cm³/mol. The van der Waals surface area contributed by atoms with Gasteiger partial charge in [0.25, 0.3) is 0 Å². The van der Waals surface area contributed by atoms with E-state index in [-0.39, 0.29) is 0 Å². The normalized spacial score (nSPS) is 10.9. The molecule has 1 aromatic carbocycles. The highest BCUT2D eigenvalue weighted by Crippen LogP contribution is 2.22. The summed E-state index contributed by atoms with van der Waals surface area (Å²) in [6.45, 7) is 2.11. The molecule has 0 unspecified atom stereocenters. The van der Waals surface area contributed by atoms with E-state index in [1.165, 1.54) is 11.1 Å². The predicted octanol–water partition coefficient (Wildman–Crippen LogP) is 3.56. The van der Waals surface area contributed by atoms with Crippen molar-refractivity contribution in [3.8, 4) is 0 Å². The van der Waals surface area contributed by atoms with Crippen LogP contribution in [0.3, 0.4) is 0 Å². The summed E-state index contributed by atoms with van der Waals surface area (Å²) >= 11 is 1.70. The molecule has 0 aliphatic heterocycles. The Labute approximate surface area is 110 Å². The first-order valence-electron chi connectivity index (χ1n) is 5.80. The number of H-pyrrole nitrogens is 1. The summed E-state index contributed by atoms with van der Waals surface area (Å²) in [7, 11) is 0. The zero-order chi connectivity index (χ0) is 12.4. The molecule has 0 amide bonds. The van der Waals surface area contributed by atoms with Gasteiger partial charge in [-0.25, -0.2) is 9.97 Å². The van der Waals surface area contributed by atoms with Crippen molar-refractivity contribution in [1.82, 2.24) is 15.0 Å². The molecular formula is C14H13N3S. The van der Waals surface area contributed by atoms with Gasteiger partial charge in [-0.15, -0.1) is 0 Å². The molecule has 3 rings (SSSR count). The second-order valence-corrected chi connectivity index (χ2v) is 5.16. The number of nitrogens with zero attached hydrogens (tertiary/aromatic N) is 2. The fraction of sp³-hybridized carbons (Fsp3) is 0.143. The Morgan fingerprint density at radius 3 is 3.00 bits per heavy atom. The summed E-state index contributed by atoms with van der Waals surface area (Å²) in [5, 5.41) is 0.921. The molecule has 2 aromatic heterocycles. The maximum atomic E-state index is 4.45. The number of hydrogen-bond donors (Lipinski definition) is 1. The molecule has 18 heavy (non-hydrogen) atoms. The lowest BCUT2D eigenvalue weighted by Gasteiger charge is -2.00. The lowest BCUT2D eigenvalue weighted by Crippen LogP contribution is -1.83. The summed E-state index contributed by atoms with van der Waals surface area (Å²) in [6, 6.07) is 12.4. The van der Waals surface area contributed by atoms with Gasteiger partial charge >= 0.3 is 0 Å². The second kappa shape index (κ2) is 4.82. The lowest BCUT2D eigenvalue weighted by atomic mass is 10.2. The lowest BCUT2D eigenvalue weighted by molar-refractivity contribution is 1.07. The number of aromatic nitrogens is 3. The largest absolute Gasteiger partial charge is 0.332 e. The van der Waals surface area contributed by atoms with E-state index in [9.17, 15) is 0 Å². The van der Waals surface area contributed by atoms with E-state index in [2.05, 4.69) is 46.1 Å². The summed E-state index contributed by atoms with van der Waals surface area (Å²) in [5.41, 5.74) is 4.38. The molecule has 1 N–H and O–H groups in total. The van der Waals surface area contributed by atoms with Crippen molar-refractivity contribution in [2.75, 3.05) is 0 Å². The Morgan fingerprint density at radius 2 is 2.17 bits per heavy atom. The molecule has 2 heterocycles. The van der Waals surface area contributed by atoms with Crippen molar-refractivity contribution in [3.63, 3.8) is 0 Å². The van der Waals surface area contributed by atoms with Crippen LogP contribution in [0.15, 0.2) is 47.8 Å². The van der Waals surface area contributed by atoms with Crippen molar-refractivity contribution in [1.29, 1.82) is 0 Å². The average Bonchev–Trinajstić information content (AvgIpc) is 2.79. The topological polar surface area (TPSA) is 41.6 Å². The minimum Gasteiger partial charge on any atom is -0.332 e. The number of aromatic amines is 1. The second-order valence-electron chi connectivity index (χ2n) is 4.19. The molecule has 0 spiro atoms. The van der Waals surface area contributed by atoms with Crippen LogP contribution < -0.4 is 0 Å². The molecule has 0 aliphatic carbocycles. The van der Waals surface area contributed by atoms with Crippen LogP contribution in [-0.2, 0) is 5.75 Å². The van der Waals surface area contributed by atoms with Crippen molar-refractivity contribution in [3.05, 3.63) is 53.7 Å². The highest BCUT2D eigenvalue weighted by atomic mass is 32.2. The van der Waals surface area contributed by atoms with E-state index in [0.717, 1.165) is 22.1 Å². The first-order valence-corrected chi connectivity index (χ1v) is 6.79. The smallest absolute Gasteiger partial charge is 0.178 e. The maximum absolute atomic E-state index is 4.45. The third kappa shape index (κ3) is 2.38. The van der Waals surface area contributed by atoms with E-state index in [0.29, 0.717) is 0 Å². The minimum atomic E-state index is 0.782. The number of nitrogens with one attached hydrogen (secondary N) is 1. The van der Waals surface area contributed by atoms with Gasteiger partial charge in [0.1, 0.15) is 0 Å². The highest BCUT2D eigenvalue weighted by Gasteiger charge is 2.03. The summed E-state index contributed by atoms with van der Waals surface area (Å²) in [5.74, 6) is 0.918. The minimum absolute atomic E-state index is 0.782. The molecule has 0 saturated carbocycles. The summed E-state index contributed by atoms with van der Waals surface area (Å²) in [4.78, 5) is 11.9. The van der Waals surface area contributed by atoms with E-state index >= 15 is 0 Å². The van der Waals surface area contributed by atoms with Crippen LogP contribution in [-0.4, -0.2) is 15.0 Å². The van der Waals surface area contributed by atoms with Crippen LogP contribution in [0.1, 0.15) is 11.1 Å². The number of aryl methyl sites for hydroxylation is 1. The number of fused-ring (bicyclic) bond motifs is 1. The molecule has 3 aromatic rings. The fourth-order valence-corrected chi connectivity index (χ4v) is 2.66. The van der Waals surface area contributed by atoms with Crippen molar-refractivity contribution in [2.45, 2.75) is 17.8 Å². The molecule has 0 saturated heterocycles. The molecule has 0 aliphatic rings. The Kier molecular flexibility index (Phi) is 3.02. The van der Waals surface area contributed by atoms with Crippen molar-refractivity contribution in [2.24, 2.45) is 0 Å². The average molecular weight is 255 g/mol. The van der Waals surface area contributed by atoms with Gasteiger partial charge in [0.2, 0.25) is 0 Å². The van der Waals surface area contributed by atoms with Crippen LogP contribution in [0.2, 0.25) is 0 Å². The quantitative estimate of drug-likeness (QED) is 0.728. The van der Waals surface area contributed by atoms with Gasteiger partial charge in [0, 0.05) is 11.9 Å². The third-order valence-corrected chi connectivity index (χ3v) is 3.64. The molecular weight excluding hydrogens is 242 g/mol. The molecule has 0 radical (unpaired) electrons. The third-order valence-electron chi connectivity index (χ3n) is 2.69. The first kappa shape index (κ1) is 11.3. The van der Waals surface area contributed by atoms with E-state index in [4.69, 9.17) is 0 Å². The van der Waals surface area contributed by atoms with Gasteiger partial charge in [-0.3, -0.25) is 0 Å². The standard InChI is InChI=1S/C14H13N3S/c1-10-4-2-5-11(8-10)9-18-14-16-12-6-3-7-15-13(12)17-14/h2-8H,9H2,1H3,(H,15,16,17). The Morgan fingerprint density at radius 1 is 1.22 bits per heavy atom. The monoisotopic (exact) mass is 255 g/mol. The maximum Gasteiger partial charge on any atom is 0.178 e. The molecule has 0 bridgehead atoms. The van der Waals surface area contributed by atoms with E-state index in [1.807, 2.05) is 12.1 Å². The number of rotatable bonds is 3. The SMILES string of the molecule is Cc1cccc(CSc2nc3ncccc3[nH]2)c1. The van der Waals surface area contributed by atoms with Gasteiger partial charge in [-0.05, 0) is 24.6 Å². The Hall–Kier alpha value is -1.81. The highest BCUT2D eigenvalue weighted by molar-refractivity contribution is 7.98. The van der Waals surface area contributed by atoms with Crippen LogP contribution in [0.25, 0.3) is 11.2 Å². The van der Waals surface area contributed by atoms with Gasteiger partial charge in [-0.2, -0.15) is 0 Å². The number of hydrogen-bond acceptors (Lipinski definition) is 3. The number of imidazole rings is 1. The van der Waals surface area contributed by atoms with Crippen molar-refractivity contribution >= 4 is 22.9 Å². The summed E-state index contributed by atoms with van der Waals surface area (Å²) in [6.07, 6.45) is 1.76. The van der Waals surface area contributed by atoms with Crippen LogP contribution in [0.5, 0.6) is 0 Å². The molecule has 90 valence electrons. The van der Waals surface area contributed by atoms with Crippen LogP contribution in [0.4, 0.5) is 0 Å². The van der Waals surface area contributed by atoms with Gasteiger partial charge in [0.15, 0.2) is 10.8 Å². The molecule has 0 atom stereocenters. The Bertz CT molecular complexity index is 642. The zero-order valence-electron chi connectivity index (χ0n) is 10.1. The number of pyridine rings is 1. The zero-order valence-corrected chi connectivity index (χ0v) is 10.9. The van der Waals surface area contributed by atoms with E-state index < -0.39 is 0 Å². The molecule has 4 heteroatoms. The molecule has 0 fully saturated rings. The van der Waals surface area contributed by atoms with Gasteiger partial charge < -0.3 is 4.98 Å². The molecule has 3 nitrogen and oxygen atoms in total. The van der Waals surface area contributed by atoms with Gasteiger partial charge in [-0.1, -0.05) is 41.6 Å². The number of benzene rings is 1. The van der Waals surface area contributed by atoms with E-state index in [1.54, 1.807) is 18.0 Å². The van der Waals surface area contributed by atoms with Crippen LogP contribution in [0, 0.1) is 6.92 Å². The van der Waals surface area contributed by atoms with Gasteiger partial charge in [0.05, 0.1) is 5.52 Å². The van der Waals surface area contributed by atoms with Crippen LogP contribution >= 0.6 is 11.8 Å². The van der Waals surface area contributed by atoms with Crippen molar-refractivity contribution < 1.29 is 0 Å². The fourth-order valence-electron chi connectivity index (χ4n) is 1.84.